The molecular weight excluding hydrogens is 510 g/mol. The minimum Gasteiger partial charge on any atom is -0.493 e. The van der Waals surface area contributed by atoms with Crippen LogP contribution in [-0.4, -0.2) is 35.9 Å². The average Bonchev–Trinajstić information content (AvgIpc) is 2.92. The van der Waals surface area contributed by atoms with Crippen LogP contribution in [0.5, 0.6) is 23.1 Å². The van der Waals surface area contributed by atoms with E-state index in [9.17, 15) is 23.6 Å². The normalized spacial score (nSPS) is 11.0. The van der Waals surface area contributed by atoms with Crippen molar-refractivity contribution in [3.8, 4) is 29.2 Å². The Morgan fingerprint density at radius 2 is 1.56 bits per heavy atom. The molecule has 0 aliphatic carbocycles. The van der Waals surface area contributed by atoms with Gasteiger partial charge in [-0.05, 0) is 37.6 Å². The van der Waals surface area contributed by atoms with Crippen molar-refractivity contribution in [1.82, 2.24) is 9.97 Å². The lowest BCUT2D eigenvalue weighted by molar-refractivity contribution is -0.112. The van der Waals surface area contributed by atoms with E-state index in [0.717, 1.165) is 12.1 Å². The van der Waals surface area contributed by atoms with Crippen LogP contribution in [0.2, 0.25) is 0 Å². The molecule has 0 radical (unpaired) electrons. The number of fused-ring (bicyclic) bond motifs is 1. The largest absolute Gasteiger partial charge is 0.493 e. The lowest BCUT2D eigenvalue weighted by Crippen LogP contribution is -2.25. The number of nitrogens with one attached hydrogen (secondary N) is 1. The molecule has 4 rings (SSSR count). The van der Waals surface area contributed by atoms with E-state index < -0.39 is 34.3 Å². The van der Waals surface area contributed by atoms with Gasteiger partial charge in [-0.3, -0.25) is 9.59 Å². The minimum absolute atomic E-state index is 0.0282. The van der Waals surface area contributed by atoms with E-state index in [1.807, 2.05) is 0 Å². The first-order valence-corrected chi connectivity index (χ1v) is 11.5. The molecule has 0 spiro atoms. The number of hydrogen-bond acceptors (Lipinski definition) is 8. The molecule has 198 valence electrons. The van der Waals surface area contributed by atoms with E-state index in [0.29, 0.717) is 28.0 Å². The number of Topliss-reactive ketones (excluding diaryl/α,β-unsaturated/α-hetero) is 1. The number of rotatable bonds is 8. The third-order valence-corrected chi connectivity index (χ3v) is 5.91. The van der Waals surface area contributed by atoms with Crippen molar-refractivity contribution < 1.29 is 32.6 Å². The topological polar surface area (TPSA) is 123 Å². The number of halogens is 2. The molecule has 0 aliphatic rings. The maximum absolute atomic E-state index is 14.9. The molecule has 3 aromatic carbocycles. The molecule has 0 aliphatic heterocycles. The zero-order valence-corrected chi connectivity index (χ0v) is 21.3. The van der Waals surface area contributed by atoms with Crippen molar-refractivity contribution in [2.24, 2.45) is 0 Å². The number of nitriles is 1. The fraction of sp³-hybridized carbons (Fsp3) is 0.179. The number of carbonyl (C=O) groups is 2. The van der Waals surface area contributed by atoms with Crippen LogP contribution in [0.1, 0.15) is 29.8 Å². The molecule has 1 aromatic heterocycles. The number of carbonyl (C=O) groups excluding carboxylic acids is 2. The Hall–Kier alpha value is -5.11. The molecule has 0 fully saturated rings. The van der Waals surface area contributed by atoms with Gasteiger partial charge < -0.3 is 19.5 Å². The second-order valence-corrected chi connectivity index (χ2v) is 8.86. The van der Waals surface area contributed by atoms with E-state index in [1.165, 1.54) is 32.7 Å². The second-order valence-electron chi connectivity index (χ2n) is 8.86. The van der Waals surface area contributed by atoms with Gasteiger partial charge in [0.1, 0.15) is 23.7 Å². The van der Waals surface area contributed by atoms with Crippen LogP contribution in [0.15, 0.2) is 54.9 Å². The Morgan fingerprint density at radius 1 is 0.949 bits per heavy atom. The predicted molar refractivity (Wildman–Crippen MR) is 137 cm³/mol. The van der Waals surface area contributed by atoms with E-state index in [2.05, 4.69) is 21.4 Å². The van der Waals surface area contributed by atoms with E-state index in [4.69, 9.17) is 14.2 Å². The highest BCUT2D eigenvalue weighted by molar-refractivity contribution is 6.46. The van der Waals surface area contributed by atoms with E-state index in [-0.39, 0.29) is 17.3 Å². The van der Waals surface area contributed by atoms with Crippen molar-refractivity contribution in [2.75, 3.05) is 19.5 Å². The van der Waals surface area contributed by atoms with Crippen molar-refractivity contribution in [1.29, 1.82) is 5.26 Å². The number of amides is 1. The third kappa shape index (κ3) is 5.45. The van der Waals surface area contributed by atoms with Crippen molar-refractivity contribution >= 4 is 28.3 Å². The molecule has 0 atom stereocenters. The van der Waals surface area contributed by atoms with Crippen LogP contribution in [0.3, 0.4) is 0 Å². The van der Waals surface area contributed by atoms with Crippen LogP contribution in [0, 0.1) is 23.0 Å². The van der Waals surface area contributed by atoms with Gasteiger partial charge in [-0.25, -0.2) is 18.7 Å². The smallest absolute Gasteiger partial charge is 0.296 e. The molecular formula is C28H22F2N4O5. The van der Waals surface area contributed by atoms with Gasteiger partial charge in [0.15, 0.2) is 11.5 Å². The number of anilines is 1. The molecule has 39 heavy (non-hydrogen) atoms. The third-order valence-electron chi connectivity index (χ3n) is 5.91. The summed E-state index contributed by atoms with van der Waals surface area (Å²) in [6.07, 6.45) is 1.20. The summed E-state index contributed by atoms with van der Waals surface area (Å²) in [7, 11) is 2.90. The summed E-state index contributed by atoms with van der Waals surface area (Å²) in [5.74, 6) is -4.80. The summed E-state index contributed by atoms with van der Waals surface area (Å²) in [5.41, 5.74) is -0.469. The first kappa shape index (κ1) is 26.9. The average molecular weight is 533 g/mol. The van der Waals surface area contributed by atoms with Gasteiger partial charge in [-0.15, -0.1) is 0 Å². The Bertz CT molecular complexity index is 1610. The SMILES string of the molecule is COc1cc2ncnc(Oc3cc(F)c(C(=O)C(=O)Nc4ccc(C(C)(C)C#N)cc4)c(F)c3)c2cc1OC. The molecule has 0 unspecified atom stereocenters. The summed E-state index contributed by atoms with van der Waals surface area (Å²) < 4.78 is 45.9. The predicted octanol–water partition coefficient (Wildman–Crippen LogP) is 5.34. The fourth-order valence-electron chi connectivity index (χ4n) is 3.71. The zero-order valence-electron chi connectivity index (χ0n) is 21.3. The number of nitrogens with zero attached hydrogens (tertiary/aromatic N) is 3. The molecule has 0 bridgehead atoms. The van der Waals surface area contributed by atoms with Gasteiger partial charge in [-0.2, -0.15) is 5.26 Å². The van der Waals surface area contributed by atoms with Gasteiger partial charge >= 0.3 is 0 Å². The highest BCUT2D eigenvalue weighted by Crippen LogP contribution is 2.36. The maximum atomic E-state index is 14.9. The summed E-state index contributed by atoms with van der Waals surface area (Å²) in [5, 5.41) is 11.9. The van der Waals surface area contributed by atoms with Crippen molar-refractivity contribution in [2.45, 2.75) is 19.3 Å². The molecule has 1 heterocycles. The van der Waals surface area contributed by atoms with Gasteiger partial charge in [0.25, 0.3) is 11.7 Å². The lowest BCUT2D eigenvalue weighted by Gasteiger charge is -2.16. The number of aromatic nitrogens is 2. The summed E-state index contributed by atoms with van der Waals surface area (Å²) in [6.45, 7) is 3.45. The first-order valence-electron chi connectivity index (χ1n) is 11.5. The van der Waals surface area contributed by atoms with Crippen LogP contribution in [-0.2, 0) is 10.2 Å². The van der Waals surface area contributed by atoms with Gasteiger partial charge in [0.2, 0.25) is 5.88 Å². The molecule has 9 nitrogen and oxygen atoms in total. The molecule has 0 saturated heterocycles. The standard InChI is InChI=1S/C28H22F2N4O5/c1-28(2,13-31)15-5-7-16(8-6-15)34-26(36)25(35)24-19(29)9-17(10-20(24)30)39-27-18-11-22(37-3)23(38-4)12-21(18)32-14-33-27/h5-12,14H,1-4H3,(H,34,36). The molecule has 1 N–H and O–H groups in total. The highest BCUT2D eigenvalue weighted by atomic mass is 19.1. The van der Waals surface area contributed by atoms with E-state index in [1.54, 1.807) is 38.1 Å². The summed E-state index contributed by atoms with van der Waals surface area (Å²) >= 11 is 0. The zero-order chi connectivity index (χ0) is 28.3. The Labute approximate surface area is 222 Å². The number of hydrogen-bond donors (Lipinski definition) is 1. The summed E-state index contributed by atoms with van der Waals surface area (Å²) in [6, 6.07) is 13.0. The number of methoxy groups -OCH3 is 2. The second kappa shape index (κ2) is 10.7. The summed E-state index contributed by atoms with van der Waals surface area (Å²) in [4.78, 5) is 33.3. The number of ether oxygens (including phenoxy) is 3. The molecule has 1 amide bonds. The Balaban J connectivity index is 1.56. The molecule has 0 saturated carbocycles. The van der Waals surface area contributed by atoms with Crippen molar-refractivity contribution in [3.05, 3.63) is 77.6 Å². The first-order chi connectivity index (χ1) is 18.6. The quantitative estimate of drug-likeness (QED) is 0.238. The highest BCUT2D eigenvalue weighted by Gasteiger charge is 2.26. The van der Waals surface area contributed by atoms with Crippen LogP contribution >= 0.6 is 0 Å². The van der Waals surface area contributed by atoms with Crippen LogP contribution < -0.4 is 19.5 Å². The Morgan fingerprint density at radius 3 is 2.15 bits per heavy atom. The van der Waals surface area contributed by atoms with Gasteiger partial charge in [0.05, 0.1) is 42.2 Å². The van der Waals surface area contributed by atoms with Gasteiger partial charge in [-0.1, -0.05) is 12.1 Å². The van der Waals surface area contributed by atoms with E-state index >= 15 is 0 Å². The maximum Gasteiger partial charge on any atom is 0.296 e. The van der Waals surface area contributed by atoms with Crippen molar-refractivity contribution in [3.63, 3.8) is 0 Å². The monoisotopic (exact) mass is 532 g/mol. The Kier molecular flexibility index (Phi) is 7.40. The fourth-order valence-corrected chi connectivity index (χ4v) is 3.71. The number of benzene rings is 3. The number of ketones is 1. The minimum atomic E-state index is -1.41. The van der Waals surface area contributed by atoms with Gasteiger partial charge in [0, 0.05) is 23.9 Å². The molecule has 4 aromatic rings. The van der Waals surface area contributed by atoms with Crippen LogP contribution in [0.4, 0.5) is 14.5 Å². The van der Waals surface area contributed by atoms with Crippen LogP contribution in [0.25, 0.3) is 10.9 Å². The molecule has 11 heteroatoms. The lowest BCUT2D eigenvalue weighted by atomic mass is 9.86.